The molecule has 0 bridgehead atoms. The van der Waals surface area contributed by atoms with E-state index >= 15 is 0 Å². The highest BCUT2D eigenvalue weighted by Gasteiger charge is 2.32. The van der Waals surface area contributed by atoms with Crippen LogP contribution in [0.5, 0.6) is 5.75 Å². The minimum atomic E-state index is -4.45. The van der Waals surface area contributed by atoms with Crippen molar-refractivity contribution in [1.29, 1.82) is 0 Å². The molecule has 0 spiro atoms. The zero-order chi connectivity index (χ0) is 19.6. The maximum absolute atomic E-state index is 13.4. The Hall–Kier alpha value is -1.80. The summed E-state index contributed by atoms with van der Waals surface area (Å²) in [4.78, 5) is 7.55. The van der Waals surface area contributed by atoms with Gasteiger partial charge in [-0.25, -0.2) is 4.98 Å². The maximum Gasteiger partial charge on any atom is 0.416 e. The first kappa shape index (κ1) is 19.9. The lowest BCUT2D eigenvalue weighted by atomic mass is 10.1. The van der Waals surface area contributed by atoms with Crippen LogP contribution < -0.4 is 10.5 Å². The fraction of sp³-hybridized carbons (Fsp3) is 0.526. The Bertz CT molecular complexity index is 791. The van der Waals surface area contributed by atoms with Gasteiger partial charge in [-0.1, -0.05) is 6.92 Å². The van der Waals surface area contributed by atoms with Gasteiger partial charge >= 0.3 is 6.18 Å². The fourth-order valence-electron chi connectivity index (χ4n) is 3.32. The van der Waals surface area contributed by atoms with Crippen LogP contribution in [-0.4, -0.2) is 29.1 Å². The lowest BCUT2D eigenvalue weighted by Crippen LogP contribution is -2.25. The van der Waals surface area contributed by atoms with Gasteiger partial charge in [0.15, 0.2) is 5.13 Å². The van der Waals surface area contributed by atoms with Crippen molar-refractivity contribution in [2.45, 2.75) is 51.9 Å². The number of alkyl halides is 3. The summed E-state index contributed by atoms with van der Waals surface area (Å²) >= 11 is 1.34. The van der Waals surface area contributed by atoms with Crippen LogP contribution in [0.2, 0.25) is 0 Å². The molecule has 1 saturated heterocycles. The van der Waals surface area contributed by atoms with Gasteiger partial charge in [-0.2, -0.15) is 13.2 Å². The van der Waals surface area contributed by atoms with Crippen LogP contribution in [0.15, 0.2) is 18.2 Å². The summed E-state index contributed by atoms with van der Waals surface area (Å²) in [6.07, 6.45) is -1.48. The Morgan fingerprint density at radius 1 is 1.33 bits per heavy atom. The molecule has 1 atom stereocenters. The first-order chi connectivity index (χ1) is 12.8. The number of hydrogen-bond acceptors (Lipinski definition) is 5. The largest absolute Gasteiger partial charge is 0.494 e. The number of rotatable bonds is 6. The first-order valence-corrected chi connectivity index (χ1v) is 9.94. The molecule has 0 aliphatic carbocycles. The molecule has 0 saturated carbocycles. The van der Waals surface area contributed by atoms with Crippen molar-refractivity contribution in [2.75, 3.05) is 18.9 Å². The van der Waals surface area contributed by atoms with Crippen LogP contribution >= 0.6 is 11.3 Å². The Kier molecular flexibility index (Phi) is 5.95. The number of nitrogens with zero attached hydrogens (tertiary/aromatic N) is 2. The Balaban J connectivity index is 1.99. The third kappa shape index (κ3) is 4.73. The third-order valence-corrected chi connectivity index (χ3v) is 5.60. The predicted molar refractivity (Wildman–Crippen MR) is 102 cm³/mol. The van der Waals surface area contributed by atoms with Gasteiger partial charge in [-0.15, -0.1) is 11.3 Å². The van der Waals surface area contributed by atoms with E-state index in [9.17, 15) is 13.2 Å². The van der Waals surface area contributed by atoms with Crippen molar-refractivity contribution in [3.63, 3.8) is 0 Å². The highest BCUT2D eigenvalue weighted by molar-refractivity contribution is 7.15. The van der Waals surface area contributed by atoms with E-state index in [-0.39, 0.29) is 5.75 Å². The summed E-state index contributed by atoms with van der Waals surface area (Å²) in [5.41, 5.74) is 6.08. The number of likely N-dealkylation sites (tertiary alicyclic amines) is 1. The molecule has 1 aliphatic rings. The zero-order valence-corrected chi connectivity index (χ0v) is 16.3. The van der Waals surface area contributed by atoms with Gasteiger partial charge in [0.05, 0.1) is 17.9 Å². The van der Waals surface area contributed by atoms with E-state index in [1.165, 1.54) is 11.3 Å². The molecule has 1 aromatic heterocycles. The van der Waals surface area contributed by atoms with E-state index in [0.29, 0.717) is 42.0 Å². The molecule has 8 heteroatoms. The lowest BCUT2D eigenvalue weighted by molar-refractivity contribution is -0.137. The number of nitrogens with two attached hydrogens (primary N) is 1. The van der Waals surface area contributed by atoms with Crippen molar-refractivity contribution in [3.8, 4) is 17.0 Å². The van der Waals surface area contributed by atoms with Crippen LogP contribution in [0.4, 0.5) is 18.3 Å². The zero-order valence-electron chi connectivity index (χ0n) is 15.5. The number of anilines is 1. The summed E-state index contributed by atoms with van der Waals surface area (Å²) in [6, 6.07) is 4.24. The summed E-state index contributed by atoms with van der Waals surface area (Å²) in [5.74, 6) is 0.203. The van der Waals surface area contributed by atoms with Crippen LogP contribution in [-0.2, 0) is 12.7 Å². The highest BCUT2D eigenvalue weighted by atomic mass is 32.1. The highest BCUT2D eigenvalue weighted by Crippen LogP contribution is 2.38. The predicted octanol–water partition coefficient (Wildman–Crippen LogP) is 5.18. The molecule has 2 N–H and O–H groups in total. The van der Waals surface area contributed by atoms with Crippen LogP contribution in [0.1, 0.15) is 43.6 Å². The number of thiazole rings is 1. The molecule has 0 radical (unpaired) electrons. The Morgan fingerprint density at radius 2 is 2.11 bits per heavy atom. The molecule has 3 rings (SSSR count). The summed E-state index contributed by atoms with van der Waals surface area (Å²) in [7, 11) is 0. The first-order valence-electron chi connectivity index (χ1n) is 9.12. The minimum Gasteiger partial charge on any atom is -0.494 e. The second-order valence-corrected chi connectivity index (χ2v) is 7.99. The minimum absolute atomic E-state index is 0.203. The second-order valence-electron chi connectivity index (χ2n) is 6.88. The Morgan fingerprint density at radius 3 is 2.74 bits per heavy atom. The topological polar surface area (TPSA) is 51.4 Å². The van der Waals surface area contributed by atoms with E-state index < -0.39 is 11.7 Å². The van der Waals surface area contributed by atoms with Gasteiger partial charge in [0.1, 0.15) is 5.75 Å². The maximum atomic E-state index is 13.4. The number of aromatic nitrogens is 1. The third-order valence-electron chi connectivity index (χ3n) is 4.73. The molecular formula is C19H24F3N3OS. The molecule has 1 unspecified atom stereocenters. The van der Waals surface area contributed by atoms with Crippen LogP contribution in [0.3, 0.4) is 0 Å². The van der Waals surface area contributed by atoms with Gasteiger partial charge in [0.2, 0.25) is 0 Å². The fourth-order valence-corrected chi connectivity index (χ4v) is 4.20. The average Bonchev–Trinajstić information content (AvgIpc) is 3.18. The number of hydrogen-bond donors (Lipinski definition) is 1. The number of halogens is 3. The second kappa shape index (κ2) is 8.06. The summed E-state index contributed by atoms with van der Waals surface area (Å²) in [5, 5.41) is 0.361. The smallest absolute Gasteiger partial charge is 0.416 e. The molecule has 1 aromatic carbocycles. The quantitative estimate of drug-likeness (QED) is 0.727. The van der Waals surface area contributed by atoms with Crippen molar-refractivity contribution in [2.24, 2.45) is 0 Å². The van der Waals surface area contributed by atoms with E-state index in [2.05, 4.69) is 16.8 Å². The number of ether oxygens (including phenoxy) is 1. The molecule has 27 heavy (non-hydrogen) atoms. The van der Waals surface area contributed by atoms with E-state index in [1.54, 1.807) is 6.07 Å². The van der Waals surface area contributed by atoms with Gasteiger partial charge in [0, 0.05) is 23.0 Å². The van der Waals surface area contributed by atoms with E-state index in [1.807, 2.05) is 6.92 Å². The molecule has 2 aromatic rings. The van der Waals surface area contributed by atoms with Crippen LogP contribution in [0.25, 0.3) is 11.3 Å². The molecule has 4 nitrogen and oxygen atoms in total. The van der Waals surface area contributed by atoms with Crippen molar-refractivity contribution < 1.29 is 17.9 Å². The van der Waals surface area contributed by atoms with E-state index in [0.717, 1.165) is 36.4 Å². The molecule has 148 valence electrons. The van der Waals surface area contributed by atoms with Crippen LogP contribution in [0, 0.1) is 0 Å². The van der Waals surface area contributed by atoms with Gasteiger partial charge in [0.25, 0.3) is 0 Å². The number of benzene rings is 1. The van der Waals surface area contributed by atoms with Gasteiger partial charge in [-0.3, -0.25) is 4.90 Å². The normalized spacial score (nSPS) is 18.2. The Labute approximate surface area is 161 Å². The monoisotopic (exact) mass is 399 g/mol. The molecule has 0 amide bonds. The lowest BCUT2D eigenvalue weighted by Gasteiger charge is -2.20. The van der Waals surface area contributed by atoms with Gasteiger partial charge in [-0.05, 0) is 50.9 Å². The van der Waals surface area contributed by atoms with E-state index in [4.69, 9.17) is 10.5 Å². The molecule has 2 heterocycles. The summed E-state index contributed by atoms with van der Waals surface area (Å²) in [6.45, 7) is 6.06. The average molecular weight is 399 g/mol. The van der Waals surface area contributed by atoms with Gasteiger partial charge < -0.3 is 10.5 Å². The number of nitrogen functional groups attached to an aromatic ring is 1. The SMILES string of the molecule is CCCOc1cc(-c2nc(N)sc2CN2CCCC2C)cc(C(F)(F)F)c1. The van der Waals surface area contributed by atoms with Crippen molar-refractivity contribution in [1.82, 2.24) is 9.88 Å². The standard InChI is InChI=1S/C19H24F3N3OS/c1-3-7-26-15-9-13(8-14(10-15)19(20,21)22)17-16(27-18(23)24-17)11-25-6-4-5-12(25)2/h8-10,12H,3-7,11H2,1-2H3,(H2,23,24). The molecule has 1 aliphatic heterocycles. The summed E-state index contributed by atoms with van der Waals surface area (Å²) < 4.78 is 45.6. The molecule has 1 fully saturated rings. The molecular weight excluding hydrogens is 375 g/mol. The van der Waals surface area contributed by atoms with Crippen molar-refractivity contribution >= 4 is 16.5 Å². The van der Waals surface area contributed by atoms with Crippen molar-refractivity contribution in [3.05, 3.63) is 28.6 Å².